The molecule has 108 valence electrons. The van der Waals surface area contributed by atoms with Gasteiger partial charge in [0.1, 0.15) is 17.2 Å². The summed E-state index contributed by atoms with van der Waals surface area (Å²) in [6.07, 6.45) is 8.16. The van der Waals surface area contributed by atoms with Crippen molar-refractivity contribution in [2.75, 3.05) is 24.7 Å². The van der Waals surface area contributed by atoms with E-state index in [0.717, 1.165) is 22.7 Å². The van der Waals surface area contributed by atoms with Crippen molar-refractivity contribution in [3.8, 4) is 11.4 Å². The molecule has 3 heterocycles. The summed E-state index contributed by atoms with van der Waals surface area (Å²) in [6.45, 7) is 0. The smallest absolute Gasteiger partial charge is 0.139 e. The van der Waals surface area contributed by atoms with Crippen LogP contribution in [0.1, 0.15) is 18.9 Å². The van der Waals surface area contributed by atoms with Crippen LogP contribution in [0.3, 0.4) is 0 Å². The van der Waals surface area contributed by atoms with E-state index in [0.29, 0.717) is 11.9 Å². The lowest BCUT2D eigenvalue weighted by Crippen LogP contribution is -2.09. The Morgan fingerprint density at radius 1 is 1.29 bits per heavy atom. The van der Waals surface area contributed by atoms with Crippen LogP contribution in [-0.2, 0) is 0 Å². The van der Waals surface area contributed by atoms with Crippen LogP contribution in [0.15, 0.2) is 30.9 Å². The highest BCUT2D eigenvalue weighted by Gasteiger charge is 2.27. The summed E-state index contributed by atoms with van der Waals surface area (Å²) in [6, 6.07) is 4.60. The predicted octanol–water partition coefficient (Wildman–Crippen LogP) is 2.18. The van der Waals surface area contributed by atoms with Crippen molar-refractivity contribution in [1.29, 1.82) is 0 Å². The molecule has 0 aromatic carbocycles. The molecule has 0 aliphatic heterocycles. The van der Waals surface area contributed by atoms with Gasteiger partial charge in [0.05, 0.1) is 23.9 Å². The molecule has 6 heteroatoms. The van der Waals surface area contributed by atoms with Crippen LogP contribution >= 0.6 is 0 Å². The normalized spacial score (nSPS) is 14.8. The minimum atomic E-state index is 0.559. The molecule has 3 aromatic rings. The van der Waals surface area contributed by atoms with Gasteiger partial charge in [-0.3, -0.25) is 4.40 Å². The fraction of sp³-hybridized carbons (Fsp3) is 0.333. The summed E-state index contributed by atoms with van der Waals surface area (Å²) in [4.78, 5) is 11.0. The van der Waals surface area contributed by atoms with Crippen LogP contribution in [0, 0.1) is 0 Å². The van der Waals surface area contributed by atoms with Crippen molar-refractivity contribution in [3.63, 3.8) is 0 Å². The van der Waals surface area contributed by atoms with Gasteiger partial charge in [-0.15, -0.1) is 0 Å². The molecule has 0 bridgehead atoms. The third kappa shape index (κ3) is 1.86. The zero-order valence-electron chi connectivity index (χ0n) is 12.2. The van der Waals surface area contributed by atoms with E-state index in [9.17, 15) is 0 Å². The summed E-state index contributed by atoms with van der Waals surface area (Å²) >= 11 is 0. The van der Waals surface area contributed by atoms with E-state index in [2.05, 4.69) is 14.5 Å². The maximum Gasteiger partial charge on any atom is 0.139 e. The number of anilines is 2. The number of nitrogens with two attached hydrogens (primary N) is 1. The monoisotopic (exact) mass is 282 g/mol. The van der Waals surface area contributed by atoms with E-state index < -0.39 is 0 Å². The Kier molecular flexibility index (Phi) is 2.48. The molecule has 4 rings (SSSR count). The van der Waals surface area contributed by atoms with Gasteiger partial charge < -0.3 is 15.2 Å². The van der Waals surface area contributed by atoms with Crippen LogP contribution in [-0.4, -0.2) is 33.0 Å². The average molecular weight is 282 g/mol. The third-order valence-electron chi connectivity index (χ3n) is 4.01. The second-order valence-corrected chi connectivity index (χ2v) is 5.77. The molecule has 0 saturated heterocycles. The molecule has 0 atom stereocenters. The van der Waals surface area contributed by atoms with Crippen LogP contribution in [0.2, 0.25) is 0 Å². The Hall–Kier alpha value is -2.50. The third-order valence-corrected chi connectivity index (χ3v) is 4.01. The van der Waals surface area contributed by atoms with Crippen LogP contribution in [0.25, 0.3) is 17.0 Å². The van der Waals surface area contributed by atoms with Gasteiger partial charge in [-0.1, -0.05) is 0 Å². The molecular formula is C15H18N6. The Morgan fingerprint density at radius 3 is 2.81 bits per heavy atom. The molecule has 1 saturated carbocycles. The van der Waals surface area contributed by atoms with E-state index in [-0.39, 0.29) is 0 Å². The summed E-state index contributed by atoms with van der Waals surface area (Å²) in [7, 11) is 4.02. The lowest BCUT2D eigenvalue weighted by molar-refractivity contribution is 0.746. The molecule has 0 unspecified atom stereocenters. The van der Waals surface area contributed by atoms with Gasteiger partial charge in [0.2, 0.25) is 0 Å². The zero-order valence-corrected chi connectivity index (χ0v) is 12.2. The highest BCUT2D eigenvalue weighted by atomic mass is 15.2. The summed E-state index contributed by atoms with van der Waals surface area (Å²) in [5.41, 5.74) is 10.1. The molecule has 1 aliphatic rings. The lowest BCUT2D eigenvalue weighted by atomic mass is 10.3. The first kappa shape index (κ1) is 12.3. The molecule has 3 aromatic heterocycles. The van der Waals surface area contributed by atoms with Crippen LogP contribution < -0.4 is 10.6 Å². The number of fused-ring (bicyclic) bond motifs is 1. The van der Waals surface area contributed by atoms with Crippen molar-refractivity contribution in [1.82, 2.24) is 18.9 Å². The minimum Gasteiger partial charge on any atom is -0.383 e. The topological polar surface area (TPSA) is 64.4 Å². The highest BCUT2D eigenvalue weighted by molar-refractivity contribution is 5.73. The Labute approximate surface area is 122 Å². The molecule has 6 nitrogen and oxygen atoms in total. The molecule has 2 N–H and O–H groups in total. The highest BCUT2D eigenvalue weighted by Crippen LogP contribution is 2.39. The average Bonchev–Trinajstić information content (AvgIpc) is 3.12. The van der Waals surface area contributed by atoms with Gasteiger partial charge in [0.15, 0.2) is 0 Å². The number of hydrogen-bond donors (Lipinski definition) is 1. The predicted molar refractivity (Wildman–Crippen MR) is 83.4 cm³/mol. The molecule has 0 amide bonds. The van der Waals surface area contributed by atoms with Crippen molar-refractivity contribution < 1.29 is 0 Å². The van der Waals surface area contributed by atoms with E-state index in [1.165, 1.54) is 12.8 Å². The number of aromatic nitrogens is 4. The molecule has 1 fully saturated rings. The second-order valence-electron chi connectivity index (χ2n) is 5.77. The molecular weight excluding hydrogens is 264 g/mol. The maximum absolute atomic E-state index is 6.33. The number of imidazole rings is 2. The Bertz CT molecular complexity index is 809. The summed E-state index contributed by atoms with van der Waals surface area (Å²) in [5, 5.41) is 0. The molecule has 1 aliphatic carbocycles. The van der Waals surface area contributed by atoms with Crippen LogP contribution in [0.4, 0.5) is 11.5 Å². The van der Waals surface area contributed by atoms with Crippen molar-refractivity contribution in [2.24, 2.45) is 0 Å². The summed E-state index contributed by atoms with van der Waals surface area (Å²) < 4.78 is 4.12. The quantitative estimate of drug-likeness (QED) is 0.799. The Morgan fingerprint density at radius 2 is 2.10 bits per heavy atom. The van der Waals surface area contributed by atoms with Gasteiger partial charge in [-0.25, -0.2) is 9.97 Å². The van der Waals surface area contributed by atoms with Crippen LogP contribution in [0.5, 0.6) is 0 Å². The van der Waals surface area contributed by atoms with E-state index in [1.54, 1.807) is 0 Å². The minimum absolute atomic E-state index is 0.559. The van der Waals surface area contributed by atoms with Gasteiger partial charge in [0.25, 0.3) is 0 Å². The molecule has 21 heavy (non-hydrogen) atoms. The van der Waals surface area contributed by atoms with E-state index in [1.807, 2.05) is 54.2 Å². The largest absolute Gasteiger partial charge is 0.383 e. The van der Waals surface area contributed by atoms with E-state index >= 15 is 0 Å². The van der Waals surface area contributed by atoms with Gasteiger partial charge in [-0.2, -0.15) is 0 Å². The molecule has 0 radical (unpaired) electrons. The fourth-order valence-corrected chi connectivity index (χ4v) is 2.64. The van der Waals surface area contributed by atoms with Gasteiger partial charge >= 0.3 is 0 Å². The number of rotatable bonds is 3. The van der Waals surface area contributed by atoms with Crippen molar-refractivity contribution >= 4 is 17.2 Å². The fourth-order valence-electron chi connectivity index (χ4n) is 2.64. The first-order chi connectivity index (χ1) is 10.1. The summed E-state index contributed by atoms with van der Waals surface area (Å²) in [5.74, 6) is 0.663. The number of nitrogens with zero attached hydrogens (tertiary/aromatic N) is 5. The lowest BCUT2D eigenvalue weighted by Gasteiger charge is -2.12. The molecule has 0 spiro atoms. The second kappa shape index (κ2) is 4.25. The van der Waals surface area contributed by atoms with Gasteiger partial charge in [-0.05, 0) is 25.0 Å². The van der Waals surface area contributed by atoms with Gasteiger partial charge in [0, 0.05) is 26.3 Å². The zero-order chi connectivity index (χ0) is 14.6. The standard InChI is InChI=1S/C15H18N6/c1-19(2)11-5-6-13-18-14(15(16)20(13)8-11)12-7-17-9-21(12)10-3-4-10/h5-10H,3-4,16H2,1-2H3. The first-order valence-corrected chi connectivity index (χ1v) is 7.12. The number of hydrogen-bond acceptors (Lipinski definition) is 4. The maximum atomic E-state index is 6.33. The SMILES string of the molecule is CN(C)c1ccc2nc(-c3cncn3C3CC3)c(N)n2c1. The Balaban J connectivity index is 1.89. The van der Waals surface area contributed by atoms with Crippen molar-refractivity contribution in [2.45, 2.75) is 18.9 Å². The first-order valence-electron chi connectivity index (χ1n) is 7.12. The number of nitrogen functional groups attached to an aromatic ring is 1. The number of pyridine rings is 1. The van der Waals surface area contributed by atoms with E-state index in [4.69, 9.17) is 5.73 Å². The van der Waals surface area contributed by atoms with Crippen molar-refractivity contribution in [3.05, 3.63) is 30.9 Å².